The minimum absolute atomic E-state index is 0.0421. The molecule has 178 valence electrons. The van der Waals surface area contributed by atoms with Crippen LogP contribution in [0.4, 0.5) is 0 Å². The van der Waals surface area contributed by atoms with Gasteiger partial charge in [0.1, 0.15) is 10.6 Å². The van der Waals surface area contributed by atoms with Gasteiger partial charge in [-0.3, -0.25) is 0 Å². The zero-order valence-electron chi connectivity index (χ0n) is 17.7. The summed E-state index contributed by atoms with van der Waals surface area (Å²) in [5.41, 5.74) is 5.11. The van der Waals surface area contributed by atoms with E-state index in [1.165, 1.54) is 18.2 Å². The van der Waals surface area contributed by atoms with E-state index >= 15 is 0 Å². The molecule has 34 heavy (non-hydrogen) atoms. The number of benzene rings is 3. The minimum atomic E-state index is -4.10. The maximum absolute atomic E-state index is 13.3. The molecule has 0 radical (unpaired) electrons. The van der Waals surface area contributed by atoms with E-state index < -0.39 is 16.1 Å². The summed E-state index contributed by atoms with van der Waals surface area (Å²) in [5, 5.41) is 5.46. The molecule has 0 bridgehead atoms. The first-order chi connectivity index (χ1) is 16.2. The molecule has 1 heterocycles. The molecule has 1 aliphatic heterocycles. The van der Waals surface area contributed by atoms with Crippen LogP contribution in [0.1, 0.15) is 29.6 Å². The first-order valence-corrected chi connectivity index (χ1v) is 13.1. The number of sulfonamides is 1. The third-order valence-electron chi connectivity index (χ3n) is 5.36. The fourth-order valence-corrected chi connectivity index (χ4v) is 6.10. The van der Waals surface area contributed by atoms with Crippen LogP contribution in [-0.2, 0) is 10.0 Å². The van der Waals surface area contributed by atoms with Crippen LogP contribution in [0, 0.1) is 0 Å². The molecule has 0 saturated heterocycles. The van der Waals surface area contributed by atoms with Crippen LogP contribution in [0.25, 0.3) is 0 Å². The maximum Gasteiger partial charge on any atom is 0.243 e. The van der Waals surface area contributed by atoms with Crippen LogP contribution >= 0.6 is 46.4 Å². The lowest BCUT2D eigenvalue weighted by Gasteiger charge is -2.21. The van der Waals surface area contributed by atoms with Gasteiger partial charge in [-0.05, 0) is 53.6 Å². The van der Waals surface area contributed by atoms with Crippen molar-refractivity contribution in [2.24, 2.45) is 5.10 Å². The summed E-state index contributed by atoms with van der Waals surface area (Å²) in [6.45, 7) is 0. The van der Waals surface area contributed by atoms with Gasteiger partial charge in [-0.25, -0.2) is 8.42 Å². The fourth-order valence-electron chi connectivity index (χ4n) is 3.62. The van der Waals surface area contributed by atoms with E-state index in [1.807, 2.05) is 24.3 Å². The molecule has 2 unspecified atom stereocenters. The predicted molar refractivity (Wildman–Crippen MR) is 137 cm³/mol. The second-order valence-electron chi connectivity index (χ2n) is 7.56. The summed E-state index contributed by atoms with van der Waals surface area (Å²) >= 11 is 24.7. The Balaban J connectivity index is 1.68. The number of hydrazone groups is 1. The van der Waals surface area contributed by atoms with Crippen molar-refractivity contribution in [2.75, 3.05) is 7.11 Å². The Morgan fingerprint density at radius 3 is 2.32 bits per heavy atom. The Labute approximate surface area is 217 Å². The Hall–Kier alpha value is -2.00. The number of hydrogen-bond acceptors (Lipinski definition) is 5. The van der Waals surface area contributed by atoms with Gasteiger partial charge in [-0.1, -0.05) is 64.6 Å². The van der Waals surface area contributed by atoms with Crippen LogP contribution in [0.3, 0.4) is 0 Å². The highest BCUT2D eigenvalue weighted by Crippen LogP contribution is 2.34. The van der Waals surface area contributed by atoms with Gasteiger partial charge < -0.3 is 10.2 Å². The molecule has 3 aromatic rings. The van der Waals surface area contributed by atoms with Crippen molar-refractivity contribution in [1.29, 1.82) is 0 Å². The monoisotopic (exact) mass is 557 g/mol. The molecule has 0 amide bonds. The number of methoxy groups -OCH3 is 1. The molecule has 0 fully saturated rings. The van der Waals surface area contributed by atoms with Crippen molar-refractivity contribution in [3.05, 3.63) is 91.9 Å². The summed E-state index contributed by atoms with van der Waals surface area (Å²) in [5.74, 6) is 0.736. The van der Waals surface area contributed by atoms with E-state index in [2.05, 4.69) is 15.2 Å². The highest BCUT2D eigenvalue weighted by Gasteiger charge is 2.33. The normalized spacial score (nSPS) is 16.6. The number of nitrogens with zero attached hydrogens (tertiary/aromatic N) is 1. The third kappa shape index (κ3) is 5.46. The van der Waals surface area contributed by atoms with Crippen molar-refractivity contribution in [2.45, 2.75) is 23.4 Å². The minimum Gasteiger partial charge on any atom is -0.497 e. The van der Waals surface area contributed by atoms with E-state index in [-0.39, 0.29) is 21.0 Å². The topological polar surface area (TPSA) is 79.8 Å². The lowest BCUT2D eigenvalue weighted by molar-refractivity contribution is 0.414. The van der Waals surface area contributed by atoms with E-state index in [4.69, 9.17) is 51.1 Å². The number of nitrogens with one attached hydrogen (secondary N) is 2. The molecule has 1 aliphatic rings. The smallest absolute Gasteiger partial charge is 0.243 e. The lowest BCUT2D eigenvalue weighted by atomic mass is 9.96. The van der Waals surface area contributed by atoms with Gasteiger partial charge in [-0.2, -0.15) is 9.82 Å². The van der Waals surface area contributed by atoms with Crippen LogP contribution in [0.15, 0.2) is 70.7 Å². The van der Waals surface area contributed by atoms with Gasteiger partial charge in [0, 0.05) is 21.5 Å². The Morgan fingerprint density at radius 2 is 1.65 bits per heavy atom. The zero-order valence-corrected chi connectivity index (χ0v) is 21.6. The molecule has 0 spiro atoms. The Morgan fingerprint density at radius 1 is 0.971 bits per heavy atom. The van der Waals surface area contributed by atoms with Gasteiger partial charge in [0.05, 0.1) is 29.9 Å². The molecule has 0 aliphatic carbocycles. The van der Waals surface area contributed by atoms with Gasteiger partial charge in [0.25, 0.3) is 0 Å². The van der Waals surface area contributed by atoms with E-state index in [0.717, 1.165) is 11.3 Å². The Kier molecular flexibility index (Phi) is 7.62. The van der Waals surface area contributed by atoms with Gasteiger partial charge in [0.2, 0.25) is 10.0 Å². The average molecular weight is 559 g/mol. The average Bonchev–Trinajstić information content (AvgIpc) is 3.29. The first kappa shape index (κ1) is 25.1. The highest BCUT2D eigenvalue weighted by atomic mass is 35.5. The zero-order chi connectivity index (χ0) is 24.5. The van der Waals surface area contributed by atoms with Crippen LogP contribution in [0.2, 0.25) is 20.1 Å². The quantitative estimate of drug-likeness (QED) is 0.350. The lowest BCUT2D eigenvalue weighted by Crippen LogP contribution is -2.34. The van der Waals surface area contributed by atoms with Gasteiger partial charge in [-0.15, -0.1) is 0 Å². The first-order valence-electron chi connectivity index (χ1n) is 10.1. The number of rotatable bonds is 7. The number of hydrogen-bond donors (Lipinski definition) is 2. The van der Waals surface area contributed by atoms with Crippen LogP contribution in [0.5, 0.6) is 5.75 Å². The van der Waals surface area contributed by atoms with Crippen molar-refractivity contribution in [3.8, 4) is 5.75 Å². The van der Waals surface area contributed by atoms with Crippen molar-refractivity contribution in [3.63, 3.8) is 0 Å². The summed E-state index contributed by atoms with van der Waals surface area (Å²) in [4.78, 5) is -0.144. The summed E-state index contributed by atoms with van der Waals surface area (Å²) in [6.07, 6.45) is 0.432. The largest absolute Gasteiger partial charge is 0.497 e. The van der Waals surface area contributed by atoms with Crippen molar-refractivity contribution in [1.82, 2.24) is 10.1 Å². The maximum atomic E-state index is 13.3. The molecule has 3 aromatic carbocycles. The predicted octanol–water partition coefficient (Wildman–Crippen LogP) is 6.42. The highest BCUT2D eigenvalue weighted by molar-refractivity contribution is 7.89. The van der Waals surface area contributed by atoms with Gasteiger partial charge >= 0.3 is 0 Å². The van der Waals surface area contributed by atoms with Crippen molar-refractivity contribution >= 4 is 62.1 Å². The molecule has 2 N–H and O–H groups in total. The van der Waals surface area contributed by atoms with Crippen LogP contribution in [-0.4, -0.2) is 21.2 Å². The Bertz CT molecular complexity index is 1350. The molecule has 0 aromatic heterocycles. The summed E-state index contributed by atoms with van der Waals surface area (Å²) in [6, 6.07) is 15.6. The standard InChI is InChI=1S/C23H19Cl4N3O3S/c1-33-16-6-2-13(3-7-16)20-12-21(29-28-20)23(17-8-4-14(24)10-19(17)27)30-34(31,32)22-11-15(25)5-9-18(22)26/h2-11,20,23,28,30H,12H2,1H3. The molecule has 2 atom stereocenters. The van der Waals surface area contributed by atoms with Gasteiger partial charge in [0.15, 0.2) is 0 Å². The number of halogens is 4. The van der Waals surface area contributed by atoms with E-state index in [1.54, 1.807) is 25.3 Å². The molecular formula is C23H19Cl4N3O3S. The molecule has 0 saturated carbocycles. The molecular weight excluding hydrogens is 540 g/mol. The summed E-state index contributed by atoms with van der Waals surface area (Å²) < 4.78 is 34.6. The fraction of sp³-hybridized carbons (Fsp3) is 0.174. The van der Waals surface area contributed by atoms with E-state index in [9.17, 15) is 8.42 Å². The second kappa shape index (κ2) is 10.3. The molecule has 6 nitrogen and oxygen atoms in total. The summed E-state index contributed by atoms with van der Waals surface area (Å²) in [7, 11) is -2.50. The molecule has 11 heteroatoms. The van der Waals surface area contributed by atoms with Crippen molar-refractivity contribution < 1.29 is 13.2 Å². The van der Waals surface area contributed by atoms with E-state index in [0.29, 0.717) is 27.7 Å². The molecule has 4 rings (SSSR count). The number of ether oxygens (including phenoxy) is 1. The third-order valence-corrected chi connectivity index (χ3v) is 8.06. The second-order valence-corrected chi connectivity index (χ2v) is 10.9. The SMILES string of the molecule is COc1ccc(C2CC(C(NS(=O)(=O)c3cc(Cl)ccc3Cl)c3ccc(Cl)cc3Cl)=NN2)cc1. The van der Waals surface area contributed by atoms with Crippen LogP contribution < -0.4 is 14.9 Å².